The van der Waals surface area contributed by atoms with E-state index < -0.39 is 0 Å². The summed E-state index contributed by atoms with van der Waals surface area (Å²) in [5.74, 6) is 2.68. The molecule has 4 rings (SSSR count). The number of carbonyl (C=O) groups excluding carboxylic acids is 1. The van der Waals surface area contributed by atoms with Gasteiger partial charge in [0.15, 0.2) is 0 Å². The minimum atomic E-state index is 0.0203. The summed E-state index contributed by atoms with van der Waals surface area (Å²) in [5, 5.41) is 3.02. The fourth-order valence-electron chi connectivity index (χ4n) is 3.68. The number of para-hydroxylation sites is 1. The maximum absolute atomic E-state index is 11.3. The van der Waals surface area contributed by atoms with Crippen molar-refractivity contribution in [2.24, 2.45) is 0 Å². The molecule has 2 aliphatic rings. The molecule has 0 saturated carbocycles. The van der Waals surface area contributed by atoms with Crippen LogP contribution >= 0.6 is 0 Å². The van der Waals surface area contributed by atoms with E-state index in [-0.39, 0.29) is 11.9 Å². The largest absolute Gasteiger partial charge is 0.487 e. The van der Waals surface area contributed by atoms with Crippen LogP contribution in [-0.4, -0.2) is 35.0 Å². The van der Waals surface area contributed by atoms with Crippen molar-refractivity contribution in [1.82, 2.24) is 15.3 Å². The number of ether oxygens (including phenoxy) is 1. The van der Waals surface area contributed by atoms with Gasteiger partial charge in [-0.05, 0) is 25.0 Å². The second-order valence-corrected chi connectivity index (χ2v) is 6.72. The fourth-order valence-corrected chi connectivity index (χ4v) is 3.68. The van der Waals surface area contributed by atoms with Gasteiger partial charge >= 0.3 is 0 Å². The Labute approximate surface area is 147 Å². The lowest BCUT2D eigenvalue weighted by Crippen LogP contribution is -2.36. The van der Waals surface area contributed by atoms with E-state index >= 15 is 0 Å². The van der Waals surface area contributed by atoms with Crippen molar-refractivity contribution in [2.75, 3.05) is 18.0 Å². The number of aromatic nitrogens is 2. The molecule has 3 heterocycles. The molecule has 1 atom stereocenters. The Balaban J connectivity index is 1.68. The second kappa shape index (κ2) is 6.35. The van der Waals surface area contributed by atoms with Gasteiger partial charge < -0.3 is 15.0 Å². The SMILES string of the molecule is CC(=O)N[C@H]1CCN(c2nc(C)nc3c2Cc2ccccc2OC3)C1. The Kier molecular flexibility index (Phi) is 4.03. The summed E-state index contributed by atoms with van der Waals surface area (Å²) < 4.78 is 5.96. The Bertz CT molecular complexity index is 821. The Morgan fingerprint density at radius 2 is 2.16 bits per heavy atom. The summed E-state index contributed by atoms with van der Waals surface area (Å²) in [7, 11) is 0. The topological polar surface area (TPSA) is 67.4 Å². The molecule has 1 saturated heterocycles. The lowest BCUT2D eigenvalue weighted by molar-refractivity contribution is -0.119. The highest BCUT2D eigenvalue weighted by Crippen LogP contribution is 2.33. The number of amides is 1. The molecule has 0 bridgehead atoms. The molecule has 0 aliphatic carbocycles. The summed E-state index contributed by atoms with van der Waals surface area (Å²) in [6.45, 7) is 5.62. The van der Waals surface area contributed by atoms with Crippen LogP contribution < -0.4 is 15.0 Å². The molecule has 1 N–H and O–H groups in total. The molecule has 1 fully saturated rings. The standard InChI is InChI=1S/C19H22N4O2/c1-12-20-17-11-25-18-6-4-3-5-14(18)9-16(17)19(21-12)23-8-7-15(10-23)22-13(2)24/h3-6,15H,7-11H2,1-2H3,(H,22,24)/t15-/m0/s1. The number of hydrogen-bond acceptors (Lipinski definition) is 5. The average Bonchev–Trinajstić information content (AvgIpc) is 2.94. The number of carbonyl (C=O) groups is 1. The number of hydrogen-bond donors (Lipinski definition) is 1. The second-order valence-electron chi connectivity index (χ2n) is 6.72. The number of anilines is 1. The first-order valence-corrected chi connectivity index (χ1v) is 8.69. The van der Waals surface area contributed by atoms with Gasteiger partial charge in [0.05, 0.1) is 5.69 Å². The van der Waals surface area contributed by atoms with Crippen molar-refractivity contribution < 1.29 is 9.53 Å². The van der Waals surface area contributed by atoms with Crippen LogP contribution in [0.1, 0.15) is 36.0 Å². The lowest BCUT2D eigenvalue weighted by Gasteiger charge is -2.22. The highest BCUT2D eigenvalue weighted by molar-refractivity contribution is 5.73. The zero-order chi connectivity index (χ0) is 17.4. The first-order chi connectivity index (χ1) is 12.1. The molecular weight excluding hydrogens is 316 g/mol. The van der Waals surface area contributed by atoms with Crippen LogP contribution in [0, 0.1) is 6.92 Å². The van der Waals surface area contributed by atoms with E-state index in [0.29, 0.717) is 6.61 Å². The van der Waals surface area contributed by atoms with E-state index in [9.17, 15) is 4.79 Å². The van der Waals surface area contributed by atoms with E-state index in [1.807, 2.05) is 25.1 Å². The van der Waals surface area contributed by atoms with Gasteiger partial charge in [0.25, 0.3) is 0 Å². The molecule has 0 radical (unpaired) electrons. The molecule has 25 heavy (non-hydrogen) atoms. The highest BCUT2D eigenvalue weighted by Gasteiger charge is 2.28. The van der Waals surface area contributed by atoms with Crippen LogP contribution in [0.15, 0.2) is 24.3 Å². The van der Waals surface area contributed by atoms with Crippen molar-refractivity contribution in [3.63, 3.8) is 0 Å². The zero-order valence-corrected chi connectivity index (χ0v) is 14.6. The molecular formula is C19H22N4O2. The van der Waals surface area contributed by atoms with Crippen LogP contribution in [0.2, 0.25) is 0 Å². The number of fused-ring (bicyclic) bond motifs is 2. The molecule has 1 aromatic heterocycles. The number of nitrogens with one attached hydrogen (secondary N) is 1. The van der Waals surface area contributed by atoms with E-state index in [2.05, 4.69) is 21.3 Å². The van der Waals surface area contributed by atoms with Gasteiger partial charge in [-0.1, -0.05) is 18.2 Å². The van der Waals surface area contributed by atoms with Crippen LogP contribution in [0.4, 0.5) is 5.82 Å². The van der Waals surface area contributed by atoms with Crippen LogP contribution in [0.25, 0.3) is 0 Å². The molecule has 130 valence electrons. The van der Waals surface area contributed by atoms with Gasteiger partial charge in [-0.2, -0.15) is 0 Å². The van der Waals surface area contributed by atoms with Gasteiger partial charge in [-0.25, -0.2) is 9.97 Å². The minimum Gasteiger partial charge on any atom is -0.487 e. The van der Waals surface area contributed by atoms with Crippen molar-refractivity contribution in [1.29, 1.82) is 0 Å². The third-order valence-corrected chi connectivity index (χ3v) is 4.78. The van der Waals surface area contributed by atoms with Gasteiger partial charge in [0.2, 0.25) is 5.91 Å². The van der Waals surface area contributed by atoms with Crippen molar-refractivity contribution in [3.8, 4) is 5.75 Å². The molecule has 0 unspecified atom stereocenters. The third-order valence-electron chi connectivity index (χ3n) is 4.78. The molecule has 1 amide bonds. The number of aryl methyl sites for hydroxylation is 1. The fraction of sp³-hybridized carbons (Fsp3) is 0.421. The quantitative estimate of drug-likeness (QED) is 0.907. The van der Waals surface area contributed by atoms with Gasteiger partial charge in [-0.15, -0.1) is 0 Å². The van der Waals surface area contributed by atoms with Crippen molar-refractivity contribution >= 4 is 11.7 Å². The molecule has 2 aliphatic heterocycles. The molecule has 2 aromatic rings. The number of benzene rings is 1. The smallest absolute Gasteiger partial charge is 0.217 e. The molecule has 0 spiro atoms. The van der Waals surface area contributed by atoms with Crippen LogP contribution in [-0.2, 0) is 17.8 Å². The van der Waals surface area contributed by atoms with Gasteiger partial charge in [0, 0.05) is 38.0 Å². The monoisotopic (exact) mass is 338 g/mol. The van der Waals surface area contributed by atoms with E-state index in [1.54, 1.807) is 6.92 Å². The van der Waals surface area contributed by atoms with Gasteiger partial charge in [-0.3, -0.25) is 4.79 Å². The Hall–Kier alpha value is -2.63. The minimum absolute atomic E-state index is 0.0203. The average molecular weight is 338 g/mol. The first kappa shape index (κ1) is 15.9. The van der Waals surface area contributed by atoms with E-state index in [1.165, 1.54) is 0 Å². The third kappa shape index (κ3) is 3.16. The number of nitrogens with zero attached hydrogens (tertiary/aromatic N) is 3. The summed E-state index contributed by atoms with van der Waals surface area (Å²) in [6, 6.07) is 8.30. The molecule has 6 heteroatoms. The number of rotatable bonds is 2. The van der Waals surface area contributed by atoms with Crippen molar-refractivity contribution in [3.05, 3.63) is 46.9 Å². The molecule has 6 nitrogen and oxygen atoms in total. The lowest BCUT2D eigenvalue weighted by atomic mass is 10.0. The van der Waals surface area contributed by atoms with E-state index in [4.69, 9.17) is 9.72 Å². The Morgan fingerprint density at radius 1 is 1.32 bits per heavy atom. The maximum atomic E-state index is 11.3. The summed E-state index contributed by atoms with van der Waals surface area (Å²) in [6.07, 6.45) is 1.70. The van der Waals surface area contributed by atoms with Crippen LogP contribution in [0.5, 0.6) is 5.75 Å². The van der Waals surface area contributed by atoms with Crippen molar-refractivity contribution in [2.45, 2.75) is 39.3 Å². The predicted molar refractivity (Wildman–Crippen MR) is 94.8 cm³/mol. The highest BCUT2D eigenvalue weighted by atomic mass is 16.5. The summed E-state index contributed by atoms with van der Waals surface area (Å²) in [4.78, 5) is 23.0. The summed E-state index contributed by atoms with van der Waals surface area (Å²) >= 11 is 0. The van der Waals surface area contributed by atoms with E-state index in [0.717, 1.165) is 60.1 Å². The van der Waals surface area contributed by atoms with Crippen LogP contribution in [0.3, 0.4) is 0 Å². The maximum Gasteiger partial charge on any atom is 0.217 e. The molecule has 1 aromatic carbocycles. The van der Waals surface area contributed by atoms with Gasteiger partial charge in [0.1, 0.15) is 24.0 Å². The first-order valence-electron chi connectivity index (χ1n) is 8.69. The zero-order valence-electron chi connectivity index (χ0n) is 14.6. The normalized spacial score (nSPS) is 18.8. The summed E-state index contributed by atoms with van der Waals surface area (Å²) in [5.41, 5.74) is 3.26. The Morgan fingerprint density at radius 3 is 3.00 bits per heavy atom. The predicted octanol–water partition coefficient (Wildman–Crippen LogP) is 1.98.